The molecule has 0 spiro atoms. The van der Waals surface area contributed by atoms with Gasteiger partial charge >= 0.3 is 6.03 Å². The molecule has 0 aliphatic carbocycles. The second-order valence-corrected chi connectivity index (χ2v) is 11.1. The monoisotopic (exact) mass is 615 g/mol. The number of hydrogen-bond acceptors (Lipinski definition) is 8. The van der Waals surface area contributed by atoms with Crippen molar-refractivity contribution >= 4 is 34.3 Å². The second-order valence-electron chi connectivity index (χ2n) is 11.1. The molecule has 0 bridgehead atoms. The van der Waals surface area contributed by atoms with E-state index in [0.29, 0.717) is 41.8 Å². The molecule has 0 saturated carbocycles. The van der Waals surface area contributed by atoms with Crippen LogP contribution in [0.5, 0.6) is 0 Å². The number of fused-ring (bicyclic) bond motifs is 1. The van der Waals surface area contributed by atoms with Crippen LogP contribution in [0.2, 0.25) is 0 Å². The number of carbonyl (C=O) groups is 1. The molecule has 10 nitrogen and oxygen atoms in total. The molecular formula is C36H37N7O3. The van der Waals surface area contributed by atoms with E-state index >= 15 is 0 Å². The maximum absolute atomic E-state index is 12.3. The van der Waals surface area contributed by atoms with Gasteiger partial charge in [-0.15, -0.1) is 0 Å². The lowest BCUT2D eigenvalue weighted by Gasteiger charge is -2.10. The summed E-state index contributed by atoms with van der Waals surface area (Å²) in [4.78, 5) is 23.6. The molecule has 0 aliphatic rings. The number of aromatic nitrogens is 2. The smallest absolute Gasteiger partial charge is 0.323 e. The van der Waals surface area contributed by atoms with Crippen LogP contribution in [-0.4, -0.2) is 54.6 Å². The van der Waals surface area contributed by atoms with Gasteiger partial charge in [-0.25, -0.2) is 14.8 Å². The van der Waals surface area contributed by atoms with Crippen molar-refractivity contribution in [3.05, 3.63) is 115 Å². The normalized spacial score (nSPS) is 11.2. The van der Waals surface area contributed by atoms with Crippen molar-refractivity contribution in [1.82, 2.24) is 20.2 Å². The first kappa shape index (κ1) is 30.6. The molecule has 0 fully saturated rings. The molecule has 0 atom stereocenters. The van der Waals surface area contributed by atoms with E-state index in [1.807, 2.05) is 97.1 Å². The summed E-state index contributed by atoms with van der Waals surface area (Å²) in [5.41, 5.74) is 4.78. The number of benzene rings is 3. The summed E-state index contributed by atoms with van der Waals surface area (Å²) in [5.74, 6) is 2.88. The fourth-order valence-electron chi connectivity index (χ4n) is 5.11. The number of urea groups is 1. The SMILES string of the molecule is CN(C)CCNCc1ccc(-c2c(-c3ccccc3)oc3ncnc(NCCc4ccc(NC(=O)Nc5ccccc5)cc4)c23)o1. The van der Waals surface area contributed by atoms with Crippen LogP contribution in [0.3, 0.4) is 0 Å². The molecule has 0 unspecified atom stereocenters. The number of para-hydroxylation sites is 1. The zero-order chi connectivity index (χ0) is 31.7. The van der Waals surface area contributed by atoms with E-state index in [4.69, 9.17) is 8.83 Å². The number of nitrogens with zero attached hydrogens (tertiary/aromatic N) is 3. The Hall–Kier alpha value is -5.45. The molecule has 3 aromatic heterocycles. The van der Waals surface area contributed by atoms with Crippen LogP contribution in [0.15, 0.2) is 112 Å². The first-order chi connectivity index (χ1) is 22.5. The topological polar surface area (TPSA) is 120 Å². The highest BCUT2D eigenvalue weighted by Crippen LogP contribution is 2.43. The lowest BCUT2D eigenvalue weighted by Crippen LogP contribution is -2.25. The Morgan fingerprint density at radius 3 is 2.24 bits per heavy atom. The molecule has 234 valence electrons. The van der Waals surface area contributed by atoms with Gasteiger partial charge < -0.3 is 35.0 Å². The summed E-state index contributed by atoms with van der Waals surface area (Å²) in [6.07, 6.45) is 2.25. The number of amides is 2. The first-order valence-electron chi connectivity index (χ1n) is 15.3. The number of rotatable bonds is 13. The Morgan fingerprint density at radius 1 is 0.783 bits per heavy atom. The van der Waals surface area contributed by atoms with Crippen molar-refractivity contribution in [2.24, 2.45) is 0 Å². The van der Waals surface area contributed by atoms with Crippen molar-refractivity contribution in [1.29, 1.82) is 0 Å². The van der Waals surface area contributed by atoms with Gasteiger partial charge in [0.25, 0.3) is 0 Å². The Labute approximate surface area is 267 Å². The molecule has 6 aromatic rings. The molecule has 4 N–H and O–H groups in total. The summed E-state index contributed by atoms with van der Waals surface area (Å²) in [7, 11) is 4.11. The van der Waals surface area contributed by atoms with E-state index in [1.54, 1.807) is 0 Å². The largest absolute Gasteiger partial charge is 0.460 e. The fourth-order valence-corrected chi connectivity index (χ4v) is 5.11. The third kappa shape index (κ3) is 7.60. The summed E-state index contributed by atoms with van der Waals surface area (Å²) in [6.45, 7) is 3.05. The molecule has 10 heteroatoms. The van der Waals surface area contributed by atoms with Crippen LogP contribution >= 0.6 is 0 Å². The number of nitrogens with one attached hydrogen (secondary N) is 4. The van der Waals surface area contributed by atoms with Crippen molar-refractivity contribution in [3.8, 4) is 22.6 Å². The predicted octanol–water partition coefficient (Wildman–Crippen LogP) is 7.10. The van der Waals surface area contributed by atoms with Gasteiger partial charge in [-0.1, -0.05) is 60.7 Å². The molecular weight excluding hydrogens is 578 g/mol. The second kappa shape index (κ2) is 14.6. The van der Waals surface area contributed by atoms with Crippen LogP contribution in [0.4, 0.5) is 22.0 Å². The van der Waals surface area contributed by atoms with Gasteiger partial charge in [0.1, 0.15) is 29.4 Å². The number of anilines is 3. The van der Waals surface area contributed by atoms with E-state index in [0.717, 1.165) is 53.0 Å². The minimum Gasteiger partial charge on any atom is -0.460 e. The lowest BCUT2D eigenvalue weighted by molar-refractivity contribution is 0.262. The van der Waals surface area contributed by atoms with Crippen LogP contribution in [0.25, 0.3) is 33.7 Å². The van der Waals surface area contributed by atoms with E-state index in [9.17, 15) is 4.79 Å². The average Bonchev–Trinajstić information content (AvgIpc) is 3.70. The maximum Gasteiger partial charge on any atom is 0.323 e. The molecule has 0 aliphatic heterocycles. The van der Waals surface area contributed by atoms with E-state index < -0.39 is 0 Å². The Kier molecular flexibility index (Phi) is 9.67. The van der Waals surface area contributed by atoms with Gasteiger partial charge in [-0.05, 0) is 62.5 Å². The number of hydrogen-bond donors (Lipinski definition) is 4. The maximum atomic E-state index is 12.3. The quantitative estimate of drug-likeness (QED) is 0.102. The van der Waals surface area contributed by atoms with E-state index in [1.165, 1.54) is 6.33 Å². The van der Waals surface area contributed by atoms with Crippen molar-refractivity contribution in [2.75, 3.05) is 49.7 Å². The summed E-state index contributed by atoms with van der Waals surface area (Å²) >= 11 is 0. The predicted molar refractivity (Wildman–Crippen MR) is 183 cm³/mol. The van der Waals surface area contributed by atoms with E-state index in [-0.39, 0.29) is 6.03 Å². The minimum absolute atomic E-state index is 0.288. The van der Waals surface area contributed by atoms with Gasteiger partial charge in [0.15, 0.2) is 0 Å². The van der Waals surface area contributed by atoms with Gasteiger partial charge in [-0.3, -0.25) is 0 Å². The zero-order valence-electron chi connectivity index (χ0n) is 25.9. The zero-order valence-corrected chi connectivity index (χ0v) is 25.9. The Morgan fingerprint density at radius 2 is 1.50 bits per heavy atom. The third-order valence-corrected chi connectivity index (χ3v) is 7.42. The highest BCUT2D eigenvalue weighted by molar-refractivity contribution is 6.05. The van der Waals surface area contributed by atoms with Crippen LogP contribution in [0.1, 0.15) is 11.3 Å². The summed E-state index contributed by atoms with van der Waals surface area (Å²) in [5, 5.41) is 13.4. The number of likely N-dealkylation sites (N-methyl/N-ethyl adjacent to an activating group) is 1. The van der Waals surface area contributed by atoms with Crippen LogP contribution in [-0.2, 0) is 13.0 Å². The molecule has 46 heavy (non-hydrogen) atoms. The third-order valence-electron chi connectivity index (χ3n) is 7.42. The van der Waals surface area contributed by atoms with Gasteiger partial charge in [0, 0.05) is 36.6 Å². The minimum atomic E-state index is -0.288. The average molecular weight is 616 g/mol. The lowest BCUT2D eigenvalue weighted by atomic mass is 10.0. The fraction of sp³-hybridized carbons (Fsp3) is 0.194. The molecule has 6 rings (SSSR count). The van der Waals surface area contributed by atoms with Crippen LogP contribution in [0, 0.1) is 0 Å². The highest BCUT2D eigenvalue weighted by Gasteiger charge is 2.24. The number of carbonyl (C=O) groups excluding carboxylic acids is 1. The van der Waals surface area contributed by atoms with E-state index in [2.05, 4.69) is 50.2 Å². The molecule has 2 amide bonds. The summed E-state index contributed by atoms with van der Waals surface area (Å²) < 4.78 is 12.7. The molecule has 3 heterocycles. The summed E-state index contributed by atoms with van der Waals surface area (Å²) in [6, 6.07) is 30.8. The van der Waals surface area contributed by atoms with Crippen molar-refractivity contribution in [2.45, 2.75) is 13.0 Å². The molecule has 0 saturated heterocycles. The van der Waals surface area contributed by atoms with Crippen molar-refractivity contribution < 1.29 is 13.6 Å². The number of furan rings is 2. The van der Waals surface area contributed by atoms with Crippen molar-refractivity contribution in [3.63, 3.8) is 0 Å². The van der Waals surface area contributed by atoms with Gasteiger partial charge in [0.05, 0.1) is 17.5 Å². The first-order valence-corrected chi connectivity index (χ1v) is 15.3. The molecule has 0 radical (unpaired) electrons. The Bertz CT molecular complexity index is 1870. The highest BCUT2D eigenvalue weighted by atomic mass is 16.4. The molecule has 3 aromatic carbocycles. The Balaban J connectivity index is 1.17. The van der Waals surface area contributed by atoms with Crippen LogP contribution < -0.4 is 21.3 Å². The standard InChI is InChI=1S/C36H37N7O3/c1-43(2)22-21-37-23-29-17-18-30(45-29)31-32-34(39-24-40-35(32)46-33(31)26-9-5-3-6-10-26)38-20-19-25-13-15-28(16-14-25)42-36(44)41-27-11-7-4-8-12-27/h3-18,24,37H,19-23H2,1-2H3,(H,38,39,40)(H2,41,42,44). The van der Waals surface area contributed by atoms with Gasteiger partial charge in [-0.2, -0.15) is 0 Å². The van der Waals surface area contributed by atoms with Gasteiger partial charge in [0.2, 0.25) is 5.71 Å².